The molecule has 41 heavy (non-hydrogen) atoms. The van der Waals surface area contributed by atoms with Crippen molar-refractivity contribution in [3.8, 4) is 0 Å². The van der Waals surface area contributed by atoms with Crippen LogP contribution in [-0.4, -0.2) is 39.4 Å². The lowest BCUT2D eigenvalue weighted by atomic mass is 9.68. The fraction of sp³-hybridized carbons (Fsp3) is 0.419. The average Bonchev–Trinajstić information content (AvgIpc) is 3.65. The molecule has 0 radical (unpaired) electrons. The van der Waals surface area contributed by atoms with Crippen LogP contribution in [0.15, 0.2) is 58.4 Å². The van der Waals surface area contributed by atoms with Gasteiger partial charge in [-0.1, -0.05) is 56.4 Å². The quantitative estimate of drug-likeness (QED) is 0.417. The Morgan fingerprint density at radius 1 is 1.00 bits per heavy atom. The van der Waals surface area contributed by atoms with Crippen molar-refractivity contribution in [2.24, 2.45) is 29.6 Å². The third kappa shape index (κ3) is 4.21. The molecule has 3 heterocycles. The summed E-state index contributed by atoms with van der Waals surface area (Å²) in [4.78, 5) is 57.8. The van der Waals surface area contributed by atoms with Gasteiger partial charge < -0.3 is 10.3 Å². The van der Waals surface area contributed by atoms with E-state index in [0.717, 1.165) is 26.8 Å². The van der Waals surface area contributed by atoms with Gasteiger partial charge in [0, 0.05) is 21.7 Å². The van der Waals surface area contributed by atoms with Gasteiger partial charge in [-0.05, 0) is 65.0 Å². The number of hydrogen-bond acceptors (Lipinski definition) is 6. The molecule has 3 fully saturated rings. The Morgan fingerprint density at radius 3 is 2.32 bits per heavy atom. The molecule has 1 saturated heterocycles. The van der Waals surface area contributed by atoms with Crippen LogP contribution in [0.2, 0.25) is 0 Å². The predicted octanol–water partition coefficient (Wildman–Crippen LogP) is 4.99. The van der Waals surface area contributed by atoms with E-state index in [-0.39, 0.29) is 57.6 Å². The topological polar surface area (TPSA) is 99.3 Å². The molecule has 1 aromatic heterocycles. The SMILES string of the molecule is CC(C)(C)c1ccc(C2c3sc(=O)[nH]c3SC3C4CC(C5C(=O)N(CC(=O)Nc6ccc(F)cc6)C(=O)C45)C23)cc1. The molecule has 7 nitrogen and oxygen atoms in total. The summed E-state index contributed by atoms with van der Waals surface area (Å²) in [6, 6.07) is 14.0. The Kier molecular flexibility index (Phi) is 6.10. The van der Waals surface area contributed by atoms with Gasteiger partial charge in [0.15, 0.2) is 0 Å². The van der Waals surface area contributed by atoms with Crippen LogP contribution >= 0.6 is 23.1 Å². The third-order valence-corrected chi connectivity index (χ3v) is 12.0. The maximum absolute atomic E-state index is 13.8. The number of rotatable bonds is 4. The largest absolute Gasteiger partial charge is 0.325 e. The number of anilines is 1. The van der Waals surface area contributed by atoms with Crippen LogP contribution < -0.4 is 10.2 Å². The molecule has 212 valence electrons. The molecule has 0 spiro atoms. The van der Waals surface area contributed by atoms with Crippen molar-refractivity contribution in [2.75, 3.05) is 11.9 Å². The minimum absolute atomic E-state index is 0.00508. The highest BCUT2D eigenvalue weighted by atomic mass is 32.2. The highest BCUT2D eigenvalue weighted by molar-refractivity contribution is 8.00. The van der Waals surface area contributed by atoms with Gasteiger partial charge in [0.1, 0.15) is 12.4 Å². The van der Waals surface area contributed by atoms with Crippen molar-refractivity contribution in [2.45, 2.75) is 48.8 Å². The standard InChI is InChI=1S/C31H30FN3O4S2/c1-31(2,3)15-6-4-14(5-7-15)21-22-18-12-19(25(22)40-27-26(21)41-30(39)34-27)24-23(18)28(37)35(29(24)38)13-20(36)33-17-10-8-16(32)9-11-17/h4-11,18-19,21-25H,12-13H2,1-3H3,(H,33,36)(H,34,39). The fourth-order valence-corrected chi connectivity index (χ4v) is 10.6. The minimum Gasteiger partial charge on any atom is -0.325 e. The Balaban J connectivity index is 1.19. The summed E-state index contributed by atoms with van der Waals surface area (Å²) in [7, 11) is 0. The van der Waals surface area contributed by atoms with E-state index in [4.69, 9.17) is 0 Å². The lowest BCUT2D eigenvalue weighted by Gasteiger charge is -2.43. The molecule has 3 aromatic rings. The number of carbonyl (C=O) groups excluding carboxylic acids is 3. The molecule has 3 amide bonds. The zero-order valence-corrected chi connectivity index (χ0v) is 24.5. The molecule has 7 unspecified atom stereocenters. The molecular formula is C31H30FN3O4S2. The molecule has 7 rings (SSSR count). The van der Waals surface area contributed by atoms with E-state index in [1.54, 1.807) is 11.8 Å². The van der Waals surface area contributed by atoms with Crippen molar-refractivity contribution in [1.29, 1.82) is 0 Å². The summed E-state index contributed by atoms with van der Waals surface area (Å²) in [5, 5.41) is 3.63. The number of thioether (sulfide) groups is 1. The number of nitrogens with zero attached hydrogens (tertiary/aromatic N) is 1. The normalized spacial score (nSPS) is 29.9. The Hall–Kier alpha value is -3.24. The van der Waals surface area contributed by atoms with E-state index in [1.807, 2.05) is 0 Å². The van der Waals surface area contributed by atoms with Crippen molar-refractivity contribution in [1.82, 2.24) is 9.88 Å². The Labute approximate surface area is 244 Å². The summed E-state index contributed by atoms with van der Waals surface area (Å²) in [6.45, 7) is 6.17. The summed E-state index contributed by atoms with van der Waals surface area (Å²) in [6.07, 6.45) is 0.792. The number of carbonyl (C=O) groups is 3. The molecule has 4 aliphatic rings. The first-order chi connectivity index (χ1) is 19.5. The fourth-order valence-electron chi connectivity index (χ4n) is 7.68. The summed E-state index contributed by atoms with van der Waals surface area (Å²) < 4.78 is 13.2. The molecule has 7 atom stereocenters. The van der Waals surface area contributed by atoms with Gasteiger partial charge in [-0.2, -0.15) is 0 Å². The van der Waals surface area contributed by atoms with E-state index in [2.05, 4.69) is 55.3 Å². The van der Waals surface area contributed by atoms with E-state index in [9.17, 15) is 23.6 Å². The molecule has 2 N–H and O–H groups in total. The van der Waals surface area contributed by atoms with Crippen LogP contribution in [0, 0.1) is 35.4 Å². The zero-order valence-electron chi connectivity index (χ0n) is 22.8. The summed E-state index contributed by atoms with van der Waals surface area (Å²) in [5.74, 6) is -2.32. The maximum atomic E-state index is 13.8. The van der Waals surface area contributed by atoms with Crippen molar-refractivity contribution < 1.29 is 18.8 Å². The molecule has 2 aliphatic carbocycles. The minimum atomic E-state index is -0.492. The number of H-pyrrole nitrogens is 1. The number of nitrogens with one attached hydrogen (secondary N) is 2. The second-order valence-corrected chi connectivity index (χ2v) is 14.9. The van der Waals surface area contributed by atoms with Gasteiger partial charge in [-0.15, -0.1) is 11.8 Å². The number of aromatic amines is 1. The molecule has 2 aromatic carbocycles. The molecular weight excluding hydrogens is 561 g/mol. The van der Waals surface area contributed by atoms with Gasteiger partial charge in [0.2, 0.25) is 17.7 Å². The van der Waals surface area contributed by atoms with Crippen molar-refractivity contribution >= 4 is 46.5 Å². The predicted molar refractivity (Wildman–Crippen MR) is 155 cm³/mol. The number of thiazole rings is 1. The maximum Gasteiger partial charge on any atom is 0.305 e. The van der Waals surface area contributed by atoms with Gasteiger partial charge >= 0.3 is 4.87 Å². The van der Waals surface area contributed by atoms with Crippen LogP contribution in [0.4, 0.5) is 10.1 Å². The number of imide groups is 1. The highest BCUT2D eigenvalue weighted by Crippen LogP contribution is 2.68. The first kappa shape index (κ1) is 26.6. The number of aromatic nitrogens is 1. The Bertz CT molecular complexity index is 1620. The lowest BCUT2D eigenvalue weighted by Crippen LogP contribution is -2.42. The van der Waals surface area contributed by atoms with Crippen LogP contribution in [-0.2, 0) is 19.8 Å². The number of fused-ring (bicyclic) bond motifs is 9. The first-order valence-corrected chi connectivity index (χ1v) is 15.6. The van der Waals surface area contributed by atoms with Crippen molar-refractivity contribution in [3.05, 3.63) is 80.0 Å². The smallest absolute Gasteiger partial charge is 0.305 e. The third-order valence-electron chi connectivity index (χ3n) is 9.38. The average molecular weight is 592 g/mol. The van der Waals surface area contributed by atoms with Gasteiger partial charge in [0.05, 0.1) is 16.9 Å². The van der Waals surface area contributed by atoms with Gasteiger partial charge in [0.25, 0.3) is 0 Å². The second-order valence-electron chi connectivity index (χ2n) is 12.7. The van der Waals surface area contributed by atoms with Gasteiger partial charge in [-0.3, -0.25) is 24.1 Å². The van der Waals surface area contributed by atoms with E-state index < -0.39 is 23.6 Å². The van der Waals surface area contributed by atoms with Crippen molar-refractivity contribution in [3.63, 3.8) is 0 Å². The molecule has 2 saturated carbocycles. The van der Waals surface area contributed by atoms with E-state index >= 15 is 0 Å². The van der Waals surface area contributed by atoms with Crippen LogP contribution in [0.5, 0.6) is 0 Å². The number of benzene rings is 2. The number of hydrogen-bond donors (Lipinski definition) is 2. The number of amides is 3. The van der Waals surface area contributed by atoms with Gasteiger partial charge in [-0.25, -0.2) is 4.39 Å². The number of likely N-dealkylation sites (tertiary alicyclic amines) is 1. The summed E-state index contributed by atoms with van der Waals surface area (Å²) >= 11 is 2.90. The highest BCUT2D eigenvalue weighted by Gasteiger charge is 2.69. The Morgan fingerprint density at radius 2 is 1.66 bits per heavy atom. The summed E-state index contributed by atoms with van der Waals surface area (Å²) in [5.41, 5.74) is 2.76. The molecule has 10 heteroatoms. The molecule has 2 aliphatic heterocycles. The van der Waals surface area contributed by atoms with E-state index in [0.29, 0.717) is 5.69 Å². The monoisotopic (exact) mass is 591 g/mol. The van der Waals surface area contributed by atoms with Crippen LogP contribution in [0.25, 0.3) is 0 Å². The number of halogens is 1. The second kappa shape index (κ2) is 9.39. The molecule has 2 bridgehead atoms. The van der Waals surface area contributed by atoms with Crippen LogP contribution in [0.3, 0.4) is 0 Å². The lowest BCUT2D eigenvalue weighted by molar-refractivity contribution is -0.143. The zero-order chi connectivity index (χ0) is 28.8. The van der Waals surface area contributed by atoms with E-state index in [1.165, 1.54) is 41.2 Å². The first-order valence-electron chi connectivity index (χ1n) is 13.9. The van der Waals surface area contributed by atoms with Crippen LogP contribution in [0.1, 0.15) is 49.1 Å².